The Morgan fingerprint density at radius 1 is 1.42 bits per heavy atom. The second-order valence-electron chi connectivity index (χ2n) is 4.62. The van der Waals surface area contributed by atoms with Gasteiger partial charge in [-0.3, -0.25) is 4.79 Å². The molecule has 0 saturated carbocycles. The molecule has 0 aromatic rings. The number of likely N-dealkylation sites (tertiary alicyclic amines) is 1. The standard InChI is InChI=1S/C11H17F3N2O3/c1-7-8(9(17)18)3-6-16(7)10(19)15-5-2-4-11(12,13)14/h7-8H,2-6H2,1H3,(H,15,19)(H,17,18). The summed E-state index contributed by atoms with van der Waals surface area (Å²) in [6, 6.07) is -0.946. The number of nitrogens with zero attached hydrogens (tertiary/aromatic N) is 1. The molecule has 1 rings (SSSR count). The molecule has 1 saturated heterocycles. The summed E-state index contributed by atoms with van der Waals surface area (Å²) in [4.78, 5) is 23.9. The summed E-state index contributed by atoms with van der Waals surface area (Å²) in [6.07, 6.45) is -4.98. The van der Waals surface area contributed by atoms with Crippen LogP contribution < -0.4 is 5.32 Å². The minimum Gasteiger partial charge on any atom is -0.481 e. The Labute approximate surface area is 108 Å². The predicted molar refractivity (Wildman–Crippen MR) is 60.6 cm³/mol. The summed E-state index contributed by atoms with van der Waals surface area (Å²) < 4.78 is 35.7. The molecule has 0 aromatic heterocycles. The van der Waals surface area contributed by atoms with E-state index in [1.807, 2.05) is 0 Å². The van der Waals surface area contributed by atoms with Crippen molar-refractivity contribution in [2.75, 3.05) is 13.1 Å². The molecule has 0 bridgehead atoms. The zero-order valence-electron chi connectivity index (χ0n) is 10.5. The molecule has 0 spiro atoms. The molecule has 2 unspecified atom stereocenters. The van der Waals surface area contributed by atoms with E-state index < -0.39 is 36.6 Å². The topological polar surface area (TPSA) is 69.6 Å². The maximum atomic E-state index is 11.9. The van der Waals surface area contributed by atoms with Gasteiger partial charge in [-0.15, -0.1) is 0 Å². The van der Waals surface area contributed by atoms with Crippen molar-refractivity contribution in [2.45, 2.75) is 38.4 Å². The van der Waals surface area contributed by atoms with E-state index in [0.29, 0.717) is 13.0 Å². The lowest BCUT2D eigenvalue weighted by atomic mass is 10.0. The van der Waals surface area contributed by atoms with E-state index >= 15 is 0 Å². The van der Waals surface area contributed by atoms with Crippen LogP contribution in [0.2, 0.25) is 0 Å². The zero-order valence-corrected chi connectivity index (χ0v) is 10.5. The molecule has 0 radical (unpaired) electrons. The van der Waals surface area contributed by atoms with Crippen LogP contribution >= 0.6 is 0 Å². The van der Waals surface area contributed by atoms with Crippen LogP contribution in [0.5, 0.6) is 0 Å². The van der Waals surface area contributed by atoms with E-state index in [1.165, 1.54) is 4.90 Å². The number of hydrogen-bond donors (Lipinski definition) is 2. The molecule has 0 aromatic carbocycles. The van der Waals surface area contributed by atoms with Gasteiger partial charge in [-0.05, 0) is 19.8 Å². The molecule has 0 aliphatic carbocycles. The number of carbonyl (C=O) groups excluding carboxylic acids is 1. The number of halogens is 3. The first-order valence-electron chi connectivity index (χ1n) is 6.06. The minimum atomic E-state index is -4.22. The molecule has 1 aliphatic rings. The maximum absolute atomic E-state index is 11.9. The second-order valence-corrected chi connectivity index (χ2v) is 4.62. The molecule has 19 heavy (non-hydrogen) atoms. The zero-order chi connectivity index (χ0) is 14.6. The number of carboxylic acid groups (broad SMARTS) is 1. The maximum Gasteiger partial charge on any atom is 0.389 e. The molecule has 2 atom stereocenters. The van der Waals surface area contributed by atoms with Gasteiger partial charge in [0.05, 0.1) is 5.92 Å². The number of hydrogen-bond acceptors (Lipinski definition) is 2. The van der Waals surface area contributed by atoms with Gasteiger partial charge in [0.15, 0.2) is 0 Å². The number of aliphatic carboxylic acids is 1. The molecule has 2 N–H and O–H groups in total. The number of nitrogens with one attached hydrogen (secondary N) is 1. The van der Waals surface area contributed by atoms with Gasteiger partial charge < -0.3 is 15.3 Å². The van der Waals surface area contributed by atoms with Gasteiger partial charge in [-0.2, -0.15) is 13.2 Å². The van der Waals surface area contributed by atoms with Gasteiger partial charge >= 0.3 is 18.2 Å². The average molecular weight is 282 g/mol. The first-order chi connectivity index (χ1) is 8.72. The Morgan fingerprint density at radius 2 is 2.05 bits per heavy atom. The smallest absolute Gasteiger partial charge is 0.389 e. The SMILES string of the molecule is CC1C(C(=O)O)CCN1C(=O)NCCCC(F)(F)F. The van der Waals surface area contributed by atoms with E-state index in [-0.39, 0.29) is 13.0 Å². The molecular weight excluding hydrogens is 265 g/mol. The van der Waals surface area contributed by atoms with Crippen LogP contribution in [0.3, 0.4) is 0 Å². The Balaban J connectivity index is 2.33. The highest BCUT2D eigenvalue weighted by atomic mass is 19.4. The normalized spacial score (nSPS) is 23.5. The number of amides is 2. The van der Waals surface area contributed by atoms with Crippen LogP contribution in [0.15, 0.2) is 0 Å². The number of rotatable bonds is 4. The summed E-state index contributed by atoms with van der Waals surface area (Å²) in [7, 11) is 0. The summed E-state index contributed by atoms with van der Waals surface area (Å²) >= 11 is 0. The van der Waals surface area contributed by atoms with Gasteiger partial charge in [-0.1, -0.05) is 0 Å². The monoisotopic (exact) mass is 282 g/mol. The van der Waals surface area contributed by atoms with Crippen LogP contribution in [0.1, 0.15) is 26.2 Å². The average Bonchev–Trinajstić information content (AvgIpc) is 2.65. The highest BCUT2D eigenvalue weighted by Gasteiger charge is 2.38. The summed E-state index contributed by atoms with van der Waals surface area (Å²) in [5, 5.41) is 11.3. The third-order valence-corrected chi connectivity index (χ3v) is 3.25. The van der Waals surface area contributed by atoms with Crippen molar-refractivity contribution in [2.24, 2.45) is 5.92 Å². The lowest BCUT2D eigenvalue weighted by Crippen LogP contribution is -2.44. The van der Waals surface area contributed by atoms with Crippen molar-refractivity contribution < 1.29 is 27.9 Å². The largest absolute Gasteiger partial charge is 0.481 e. The first kappa shape index (κ1) is 15.6. The van der Waals surface area contributed by atoms with Crippen molar-refractivity contribution in [3.05, 3.63) is 0 Å². The van der Waals surface area contributed by atoms with Crippen LogP contribution in [0.4, 0.5) is 18.0 Å². The van der Waals surface area contributed by atoms with Gasteiger partial charge in [0.2, 0.25) is 0 Å². The van der Waals surface area contributed by atoms with Gasteiger partial charge in [0.25, 0.3) is 0 Å². The third kappa shape index (κ3) is 4.60. The number of alkyl halides is 3. The van der Waals surface area contributed by atoms with Gasteiger partial charge in [0.1, 0.15) is 0 Å². The molecule has 110 valence electrons. The fourth-order valence-electron chi connectivity index (χ4n) is 2.14. The lowest BCUT2D eigenvalue weighted by molar-refractivity contribution is -0.142. The first-order valence-corrected chi connectivity index (χ1v) is 6.06. The molecule has 1 fully saturated rings. The fourth-order valence-corrected chi connectivity index (χ4v) is 2.14. The summed E-state index contributed by atoms with van der Waals surface area (Å²) in [5.41, 5.74) is 0. The highest BCUT2D eigenvalue weighted by Crippen LogP contribution is 2.24. The molecule has 2 amide bonds. The van der Waals surface area contributed by atoms with Crippen LogP contribution in [-0.2, 0) is 4.79 Å². The Bertz CT molecular complexity index is 347. The van der Waals surface area contributed by atoms with Crippen molar-refractivity contribution in [3.8, 4) is 0 Å². The number of carbonyl (C=O) groups is 2. The minimum absolute atomic E-state index is 0.0701. The molecular formula is C11H17F3N2O3. The third-order valence-electron chi connectivity index (χ3n) is 3.25. The second kappa shape index (κ2) is 6.12. The van der Waals surface area contributed by atoms with E-state index in [4.69, 9.17) is 5.11 Å². The summed E-state index contributed by atoms with van der Waals surface area (Å²) in [6.45, 7) is 1.86. The van der Waals surface area contributed by atoms with Crippen LogP contribution in [0.25, 0.3) is 0 Å². The van der Waals surface area contributed by atoms with E-state index in [0.717, 1.165) is 0 Å². The highest BCUT2D eigenvalue weighted by molar-refractivity contribution is 5.78. The number of carboxylic acids is 1. The Hall–Kier alpha value is -1.47. The van der Waals surface area contributed by atoms with E-state index in [2.05, 4.69) is 5.32 Å². The van der Waals surface area contributed by atoms with Crippen molar-refractivity contribution in [3.63, 3.8) is 0 Å². The van der Waals surface area contributed by atoms with Crippen molar-refractivity contribution in [1.29, 1.82) is 0 Å². The predicted octanol–water partition coefficient (Wildman–Crippen LogP) is 1.83. The number of urea groups is 1. The van der Waals surface area contributed by atoms with Crippen molar-refractivity contribution in [1.82, 2.24) is 10.2 Å². The van der Waals surface area contributed by atoms with Crippen molar-refractivity contribution >= 4 is 12.0 Å². The van der Waals surface area contributed by atoms with Crippen LogP contribution in [0, 0.1) is 5.92 Å². The quantitative estimate of drug-likeness (QED) is 0.773. The fraction of sp³-hybridized carbons (Fsp3) is 0.818. The Kier molecular flexibility index (Phi) is 5.02. The van der Waals surface area contributed by atoms with E-state index in [9.17, 15) is 22.8 Å². The van der Waals surface area contributed by atoms with E-state index in [1.54, 1.807) is 6.92 Å². The lowest BCUT2D eigenvalue weighted by Gasteiger charge is -2.23. The van der Waals surface area contributed by atoms with Crippen LogP contribution in [-0.4, -0.2) is 47.3 Å². The van der Waals surface area contributed by atoms with Gasteiger partial charge in [-0.25, -0.2) is 4.79 Å². The summed E-state index contributed by atoms with van der Waals surface area (Å²) in [5.74, 6) is -1.57. The molecule has 5 nitrogen and oxygen atoms in total. The van der Waals surface area contributed by atoms with Gasteiger partial charge in [0, 0.05) is 25.6 Å². The molecule has 8 heteroatoms. The molecule has 1 heterocycles. The molecule has 1 aliphatic heterocycles. The Morgan fingerprint density at radius 3 is 2.53 bits per heavy atom.